The first kappa shape index (κ1) is 17.5. The number of ether oxygens (including phenoxy) is 2. The molecule has 1 aliphatic rings. The molecule has 3 aromatic rings. The van der Waals surface area contributed by atoms with Gasteiger partial charge in [0.05, 0.1) is 14.2 Å². The number of aromatic amines is 1. The molecule has 1 atom stereocenters. The molecule has 0 saturated heterocycles. The highest BCUT2D eigenvalue weighted by Crippen LogP contribution is 2.40. The van der Waals surface area contributed by atoms with Gasteiger partial charge in [-0.05, 0) is 30.5 Å². The molecule has 2 aromatic carbocycles. The number of para-hydroxylation sites is 2. The van der Waals surface area contributed by atoms with E-state index in [9.17, 15) is 4.79 Å². The molecule has 1 fully saturated rings. The van der Waals surface area contributed by atoms with E-state index < -0.39 is 0 Å². The van der Waals surface area contributed by atoms with Crippen molar-refractivity contribution in [3.63, 3.8) is 0 Å². The number of nitrogens with one attached hydrogen (secondary N) is 2. The number of rotatable bonds is 7. The van der Waals surface area contributed by atoms with Crippen molar-refractivity contribution in [1.82, 2.24) is 10.3 Å². The van der Waals surface area contributed by atoms with Gasteiger partial charge in [0.1, 0.15) is 0 Å². The third kappa shape index (κ3) is 3.37. The molecule has 1 saturated carbocycles. The van der Waals surface area contributed by atoms with E-state index in [-0.39, 0.29) is 17.7 Å². The second-order valence-electron chi connectivity index (χ2n) is 6.94. The van der Waals surface area contributed by atoms with E-state index in [1.807, 2.05) is 36.5 Å². The van der Waals surface area contributed by atoms with Gasteiger partial charge in [0, 0.05) is 41.0 Å². The predicted molar refractivity (Wildman–Crippen MR) is 105 cm³/mol. The van der Waals surface area contributed by atoms with E-state index >= 15 is 0 Å². The van der Waals surface area contributed by atoms with Crippen LogP contribution in [-0.2, 0) is 4.79 Å². The molecule has 0 bridgehead atoms. The Balaban J connectivity index is 1.77. The minimum atomic E-state index is -0.0473. The van der Waals surface area contributed by atoms with Gasteiger partial charge in [-0.25, -0.2) is 0 Å². The monoisotopic (exact) mass is 364 g/mol. The number of H-pyrrole nitrogens is 1. The van der Waals surface area contributed by atoms with Gasteiger partial charge >= 0.3 is 0 Å². The van der Waals surface area contributed by atoms with E-state index in [1.54, 1.807) is 14.2 Å². The summed E-state index contributed by atoms with van der Waals surface area (Å²) in [5.41, 5.74) is 3.21. The van der Waals surface area contributed by atoms with Crippen LogP contribution in [0.1, 0.15) is 29.9 Å². The fraction of sp³-hybridized carbons (Fsp3) is 0.318. The van der Waals surface area contributed by atoms with E-state index in [1.165, 1.54) is 0 Å². The molecule has 0 aliphatic heterocycles. The Labute approximate surface area is 158 Å². The Bertz CT molecular complexity index is 959. The zero-order valence-corrected chi connectivity index (χ0v) is 15.6. The van der Waals surface area contributed by atoms with Crippen LogP contribution in [0.4, 0.5) is 0 Å². The second-order valence-corrected chi connectivity index (χ2v) is 6.94. The van der Waals surface area contributed by atoms with Crippen molar-refractivity contribution in [2.24, 2.45) is 5.92 Å². The molecule has 4 rings (SSSR count). The SMILES string of the molecule is COc1cccc(C(CNC(=O)C2CC2)c2c[nH]c3ccccc23)c1OC. The van der Waals surface area contributed by atoms with Crippen LogP contribution in [0.2, 0.25) is 0 Å². The van der Waals surface area contributed by atoms with Crippen LogP contribution in [-0.4, -0.2) is 31.7 Å². The number of hydrogen-bond donors (Lipinski definition) is 2. The summed E-state index contributed by atoms with van der Waals surface area (Å²) in [5.74, 6) is 1.67. The molecule has 1 aromatic heterocycles. The van der Waals surface area contributed by atoms with Crippen LogP contribution in [0.5, 0.6) is 11.5 Å². The Morgan fingerprint density at radius 2 is 1.93 bits per heavy atom. The number of hydrogen-bond acceptors (Lipinski definition) is 3. The number of fused-ring (bicyclic) bond motifs is 1. The summed E-state index contributed by atoms with van der Waals surface area (Å²) in [4.78, 5) is 15.6. The van der Waals surface area contributed by atoms with Crippen LogP contribution in [0.15, 0.2) is 48.7 Å². The van der Waals surface area contributed by atoms with Crippen LogP contribution in [0.3, 0.4) is 0 Å². The quantitative estimate of drug-likeness (QED) is 0.669. The van der Waals surface area contributed by atoms with Gasteiger partial charge in [0.2, 0.25) is 5.91 Å². The van der Waals surface area contributed by atoms with Gasteiger partial charge in [-0.2, -0.15) is 0 Å². The molecule has 5 heteroatoms. The first-order valence-electron chi connectivity index (χ1n) is 9.27. The lowest BCUT2D eigenvalue weighted by molar-refractivity contribution is -0.122. The highest BCUT2D eigenvalue weighted by molar-refractivity contribution is 5.85. The molecule has 0 spiro atoms. The zero-order valence-electron chi connectivity index (χ0n) is 15.6. The zero-order chi connectivity index (χ0) is 18.8. The van der Waals surface area contributed by atoms with Gasteiger partial charge in [-0.15, -0.1) is 0 Å². The van der Waals surface area contributed by atoms with Gasteiger partial charge in [0.15, 0.2) is 11.5 Å². The largest absolute Gasteiger partial charge is 0.493 e. The van der Waals surface area contributed by atoms with Gasteiger partial charge in [-0.3, -0.25) is 4.79 Å². The lowest BCUT2D eigenvalue weighted by atomic mass is 9.89. The minimum Gasteiger partial charge on any atom is -0.493 e. The highest BCUT2D eigenvalue weighted by atomic mass is 16.5. The third-order valence-corrected chi connectivity index (χ3v) is 5.23. The Morgan fingerprint density at radius 1 is 1.11 bits per heavy atom. The predicted octanol–water partition coefficient (Wildman–Crippen LogP) is 3.84. The normalized spacial score (nSPS) is 14.7. The fourth-order valence-electron chi connectivity index (χ4n) is 3.65. The van der Waals surface area contributed by atoms with Crippen molar-refractivity contribution in [1.29, 1.82) is 0 Å². The van der Waals surface area contributed by atoms with Crippen LogP contribution >= 0.6 is 0 Å². The molecule has 5 nitrogen and oxygen atoms in total. The van der Waals surface area contributed by atoms with E-state index in [4.69, 9.17) is 9.47 Å². The highest BCUT2D eigenvalue weighted by Gasteiger charge is 2.31. The number of carbonyl (C=O) groups excluding carboxylic acids is 1. The molecule has 140 valence electrons. The molecule has 1 unspecified atom stereocenters. The van der Waals surface area contributed by atoms with E-state index in [2.05, 4.69) is 22.4 Å². The average Bonchev–Trinajstić information content (AvgIpc) is 3.48. The molecular weight excluding hydrogens is 340 g/mol. The summed E-state index contributed by atoms with van der Waals surface area (Å²) in [7, 11) is 3.29. The molecule has 27 heavy (non-hydrogen) atoms. The molecule has 2 N–H and O–H groups in total. The van der Waals surface area contributed by atoms with Crippen LogP contribution in [0.25, 0.3) is 10.9 Å². The van der Waals surface area contributed by atoms with E-state index in [0.29, 0.717) is 18.0 Å². The summed E-state index contributed by atoms with van der Waals surface area (Å²) < 4.78 is 11.2. The summed E-state index contributed by atoms with van der Waals surface area (Å²) >= 11 is 0. The number of benzene rings is 2. The van der Waals surface area contributed by atoms with Crippen molar-refractivity contribution in [2.75, 3.05) is 20.8 Å². The molecule has 1 amide bonds. The standard InChI is InChI=1S/C22H24N2O3/c1-26-20-9-5-7-16(21(20)27-2)18(13-24-22(25)14-10-11-14)17-12-23-19-8-4-3-6-15(17)19/h3-9,12,14,18,23H,10-11,13H2,1-2H3,(H,24,25). The first-order valence-corrected chi connectivity index (χ1v) is 9.27. The third-order valence-electron chi connectivity index (χ3n) is 5.23. The van der Waals surface area contributed by atoms with Crippen molar-refractivity contribution in [3.05, 3.63) is 59.8 Å². The maximum Gasteiger partial charge on any atom is 0.223 e. The number of amides is 1. The number of methoxy groups -OCH3 is 2. The molecule has 1 aliphatic carbocycles. The molecular formula is C22H24N2O3. The number of carbonyl (C=O) groups is 1. The van der Waals surface area contributed by atoms with Crippen molar-refractivity contribution >= 4 is 16.8 Å². The maximum atomic E-state index is 12.3. The first-order chi connectivity index (χ1) is 13.2. The fourth-order valence-corrected chi connectivity index (χ4v) is 3.65. The van der Waals surface area contributed by atoms with Crippen molar-refractivity contribution in [2.45, 2.75) is 18.8 Å². The smallest absolute Gasteiger partial charge is 0.223 e. The van der Waals surface area contributed by atoms with Crippen LogP contribution < -0.4 is 14.8 Å². The lowest BCUT2D eigenvalue weighted by Crippen LogP contribution is -2.30. The lowest BCUT2D eigenvalue weighted by Gasteiger charge is -2.22. The van der Waals surface area contributed by atoms with E-state index in [0.717, 1.165) is 34.9 Å². The summed E-state index contributed by atoms with van der Waals surface area (Å²) in [5, 5.41) is 4.28. The van der Waals surface area contributed by atoms with Gasteiger partial charge in [0.25, 0.3) is 0 Å². The summed E-state index contributed by atoms with van der Waals surface area (Å²) in [6.45, 7) is 0.515. The maximum absolute atomic E-state index is 12.3. The second kappa shape index (κ2) is 7.35. The topological polar surface area (TPSA) is 63.3 Å². The summed E-state index contributed by atoms with van der Waals surface area (Å²) in [6.07, 6.45) is 4.01. The molecule has 0 radical (unpaired) electrons. The van der Waals surface area contributed by atoms with Crippen molar-refractivity contribution < 1.29 is 14.3 Å². The average molecular weight is 364 g/mol. The Hall–Kier alpha value is -2.95. The van der Waals surface area contributed by atoms with Gasteiger partial charge in [-0.1, -0.05) is 30.3 Å². The summed E-state index contributed by atoms with van der Waals surface area (Å²) in [6, 6.07) is 14.1. The van der Waals surface area contributed by atoms with Crippen molar-refractivity contribution in [3.8, 4) is 11.5 Å². The Morgan fingerprint density at radius 3 is 2.67 bits per heavy atom. The molecule has 1 heterocycles. The van der Waals surface area contributed by atoms with Crippen LogP contribution in [0, 0.1) is 5.92 Å². The van der Waals surface area contributed by atoms with Gasteiger partial charge < -0.3 is 19.8 Å². The minimum absolute atomic E-state index is 0.0473. The number of aromatic nitrogens is 1. The Kier molecular flexibility index (Phi) is 4.75.